The first-order chi connectivity index (χ1) is 20.3. The molecule has 0 heterocycles. The summed E-state index contributed by atoms with van der Waals surface area (Å²) in [5.74, 6) is -0.302. The van der Waals surface area contributed by atoms with Gasteiger partial charge in [0.05, 0.1) is 12.2 Å². The molecule has 3 fully saturated rings. The van der Waals surface area contributed by atoms with Gasteiger partial charge in [-0.05, 0) is 91.4 Å². The molecule has 5 rings (SSSR count). The summed E-state index contributed by atoms with van der Waals surface area (Å²) in [7, 11) is -4.57. The second kappa shape index (κ2) is 10.3. The van der Waals surface area contributed by atoms with Crippen molar-refractivity contribution >= 4 is 19.2 Å². The maximum atomic E-state index is 14.6. The Balaban J connectivity index is 1.56. The Morgan fingerprint density at radius 1 is 1.02 bits per heavy atom. The van der Waals surface area contributed by atoms with E-state index in [1.165, 1.54) is 6.92 Å². The van der Waals surface area contributed by atoms with Gasteiger partial charge in [-0.2, -0.15) is 5.26 Å². The van der Waals surface area contributed by atoms with Gasteiger partial charge in [0.25, 0.3) is 0 Å². The topological polar surface area (TPSA) is 152 Å². The van der Waals surface area contributed by atoms with Crippen LogP contribution in [0.3, 0.4) is 0 Å². The van der Waals surface area contributed by atoms with E-state index in [2.05, 4.69) is 50.6 Å². The maximum Gasteiger partial charge on any atom is 0.507 e. The van der Waals surface area contributed by atoms with Crippen LogP contribution in [0.4, 0.5) is 0 Å². The van der Waals surface area contributed by atoms with Crippen molar-refractivity contribution in [3.8, 4) is 6.07 Å². The number of nitriles is 1. The first kappa shape index (κ1) is 33.0. The fraction of sp³-hybridized carbons (Fsp3) is 0.788. The molecule has 0 amide bonds. The maximum absolute atomic E-state index is 14.6. The lowest BCUT2D eigenvalue weighted by Crippen LogP contribution is -2.65. The van der Waals surface area contributed by atoms with Crippen molar-refractivity contribution in [2.45, 2.75) is 107 Å². The first-order valence-corrected chi connectivity index (χ1v) is 17.4. The molecular formula is C33H46N3O7P. The lowest BCUT2D eigenvalue weighted by atomic mass is 9.34. The van der Waals surface area contributed by atoms with E-state index < -0.39 is 24.8 Å². The Hall–Kier alpha value is -2.34. The molecule has 0 radical (unpaired) electrons. The highest BCUT2D eigenvalue weighted by molar-refractivity contribution is 7.55. The number of carbonyl (C=O) groups is 2. The van der Waals surface area contributed by atoms with Crippen LogP contribution in [-0.4, -0.2) is 24.5 Å². The quantitative estimate of drug-likeness (QED) is 0.155. The third-order valence-electron chi connectivity index (χ3n) is 13.1. The van der Waals surface area contributed by atoms with Gasteiger partial charge < -0.3 is 4.74 Å². The second-order valence-electron chi connectivity index (χ2n) is 16.3. The summed E-state index contributed by atoms with van der Waals surface area (Å²) in [4.78, 5) is 54.3. The standard InChI is InChI=1S/C33H46N3O7P/c1-20(43-44(41,35-39)36-40)42-19-33-13-11-28(2,3)17-22(33)26-23(37)15-25-30(6)16-21(18-34)27(38)29(4,5)24(30)9-10-31(25,7)32(26,8)12-14-33/h15-16,20,22,24,26H,9-14,17,19H2,1-8H3/t20?,22?,24-,26-,30-,31+,32+,33+/m0/s1. The lowest BCUT2D eigenvalue weighted by molar-refractivity contribution is -0.194. The van der Waals surface area contributed by atoms with Crippen molar-refractivity contribution in [3.05, 3.63) is 33.1 Å². The van der Waals surface area contributed by atoms with Crippen LogP contribution < -0.4 is 0 Å². The van der Waals surface area contributed by atoms with Gasteiger partial charge >= 0.3 is 7.67 Å². The minimum absolute atomic E-state index is 0.000336. The second-order valence-corrected chi connectivity index (χ2v) is 17.8. The largest absolute Gasteiger partial charge is 0.507 e. The van der Waals surface area contributed by atoms with Gasteiger partial charge in [-0.3, -0.25) is 14.1 Å². The van der Waals surface area contributed by atoms with Crippen molar-refractivity contribution in [1.29, 1.82) is 5.26 Å². The fourth-order valence-corrected chi connectivity index (χ4v) is 11.1. The van der Waals surface area contributed by atoms with Gasteiger partial charge in [-0.15, -0.1) is 9.81 Å². The van der Waals surface area contributed by atoms with E-state index >= 15 is 0 Å². The molecular weight excluding hydrogens is 581 g/mol. The zero-order chi connectivity index (χ0) is 32.7. The summed E-state index contributed by atoms with van der Waals surface area (Å²) in [6, 6.07) is 2.16. The Bertz CT molecular complexity index is 1450. The Morgan fingerprint density at radius 2 is 1.66 bits per heavy atom. The van der Waals surface area contributed by atoms with E-state index in [1.54, 1.807) is 0 Å². The fourth-order valence-electron chi connectivity index (χ4n) is 10.6. The minimum Gasteiger partial charge on any atom is -0.352 e. The molecule has 11 heteroatoms. The smallest absolute Gasteiger partial charge is 0.352 e. The third kappa shape index (κ3) is 4.59. The molecule has 0 aromatic rings. The lowest BCUT2D eigenvalue weighted by Gasteiger charge is -2.69. The van der Waals surface area contributed by atoms with Crippen LogP contribution in [0.2, 0.25) is 0 Å². The Labute approximate surface area is 260 Å². The predicted octanol–water partition coefficient (Wildman–Crippen LogP) is 8.23. The number of nitrogens with zero attached hydrogens (tertiary/aromatic N) is 3. The van der Waals surface area contributed by atoms with E-state index in [-0.39, 0.29) is 63.2 Å². The molecule has 0 saturated heterocycles. The van der Waals surface area contributed by atoms with Crippen molar-refractivity contribution in [2.24, 2.45) is 60.1 Å². The van der Waals surface area contributed by atoms with Crippen LogP contribution in [0, 0.1) is 71.4 Å². The number of ketones is 2. The molecule has 44 heavy (non-hydrogen) atoms. The molecule has 0 aromatic carbocycles. The van der Waals surface area contributed by atoms with Crippen LogP contribution >= 0.6 is 7.67 Å². The number of carbonyl (C=O) groups excluding carboxylic acids is 2. The molecule has 8 atom stereocenters. The number of hydrogen-bond acceptors (Lipinski definition) is 8. The number of nitroso groups, excluding NO2 is 2. The SMILES string of the molecule is CC(OC[C@]12CCC(C)(C)CC1[C@H]1C(=O)C=C3[C@@]4(C)C=C(C#N)C(=O)C(C)(C)[C@@H]4CC[C@@]3(C)[C@]1(C)CC2)OP(=O)(N=O)N=O. The first-order valence-electron chi connectivity index (χ1n) is 15.8. The monoisotopic (exact) mass is 627 g/mol. The molecule has 0 N–H and O–H groups in total. The van der Waals surface area contributed by atoms with Crippen molar-refractivity contribution < 1.29 is 23.4 Å². The highest BCUT2D eigenvalue weighted by Gasteiger charge is 2.69. The van der Waals surface area contributed by atoms with E-state index in [4.69, 9.17) is 9.26 Å². The highest BCUT2D eigenvalue weighted by Crippen LogP contribution is 2.74. The van der Waals surface area contributed by atoms with Crippen LogP contribution in [0.25, 0.3) is 0 Å². The Kier molecular flexibility index (Phi) is 7.76. The van der Waals surface area contributed by atoms with Gasteiger partial charge in [-0.1, -0.05) is 60.1 Å². The third-order valence-corrected chi connectivity index (χ3v) is 14.1. The average Bonchev–Trinajstić information content (AvgIpc) is 2.95. The zero-order valence-corrected chi connectivity index (χ0v) is 28.2. The van der Waals surface area contributed by atoms with E-state index in [9.17, 15) is 29.2 Å². The minimum atomic E-state index is -4.57. The summed E-state index contributed by atoms with van der Waals surface area (Å²) >= 11 is 0. The van der Waals surface area contributed by atoms with Crippen molar-refractivity contribution in [1.82, 2.24) is 0 Å². The van der Waals surface area contributed by atoms with Crippen LogP contribution in [-0.2, 0) is 23.4 Å². The number of fused-ring (bicyclic) bond motifs is 7. The molecule has 0 aromatic heterocycles. The molecule has 0 spiro atoms. The number of Topliss-reactive ketones (excluding diaryl/α,β-unsaturated/α-hetero) is 1. The zero-order valence-electron chi connectivity index (χ0n) is 27.3. The molecule has 5 aliphatic rings. The Morgan fingerprint density at radius 3 is 2.27 bits per heavy atom. The summed E-state index contributed by atoms with van der Waals surface area (Å²) in [5.41, 5.74) is -1.10. The van der Waals surface area contributed by atoms with Gasteiger partial charge in [0.2, 0.25) is 0 Å². The number of ether oxygens (including phenoxy) is 1. The number of hydrogen-bond donors (Lipinski definition) is 0. The molecule has 10 nitrogen and oxygen atoms in total. The van der Waals surface area contributed by atoms with Gasteiger partial charge in [-0.25, -0.2) is 4.57 Å². The van der Waals surface area contributed by atoms with E-state index in [0.717, 1.165) is 50.5 Å². The van der Waals surface area contributed by atoms with E-state index in [0.29, 0.717) is 0 Å². The molecule has 0 bridgehead atoms. The summed E-state index contributed by atoms with van der Waals surface area (Å²) in [5, 5.41) is 9.93. The number of allylic oxidation sites excluding steroid dienone is 4. The number of rotatable bonds is 7. The highest BCUT2D eigenvalue weighted by atomic mass is 31.2. The van der Waals surface area contributed by atoms with Gasteiger partial charge in [0, 0.05) is 26.6 Å². The van der Waals surface area contributed by atoms with Gasteiger partial charge in [0.15, 0.2) is 17.9 Å². The van der Waals surface area contributed by atoms with Gasteiger partial charge in [0.1, 0.15) is 6.07 Å². The van der Waals surface area contributed by atoms with Crippen molar-refractivity contribution in [3.63, 3.8) is 0 Å². The molecule has 240 valence electrons. The summed E-state index contributed by atoms with van der Waals surface area (Å²) in [6.07, 6.45) is 8.48. The predicted molar refractivity (Wildman–Crippen MR) is 165 cm³/mol. The molecule has 2 unspecified atom stereocenters. The molecule has 3 saturated carbocycles. The molecule has 0 aliphatic heterocycles. The summed E-state index contributed by atoms with van der Waals surface area (Å²) < 4.78 is 23.2. The van der Waals surface area contributed by atoms with Crippen LogP contribution in [0.5, 0.6) is 0 Å². The van der Waals surface area contributed by atoms with Crippen LogP contribution in [0.1, 0.15) is 100 Å². The average molecular weight is 628 g/mol. The summed E-state index contributed by atoms with van der Waals surface area (Å²) in [6.45, 7) is 16.8. The normalized spacial score (nSPS) is 41.4. The molecule has 5 aliphatic carbocycles. The van der Waals surface area contributed by atoms with Crippen LogP contribution in [0.15, 0.2) is 33.2 Å². The van der Waals surface area contributed by atoms with E-state index in [1.807, 2.05) is 26.0 Å². The van der Waals surface area contributed by atoms with Crippen molar-refractivity contribution in [2.75, 3.05) is 6.61 Å².